The van der Waals surface area contributed by atoms with Gasteiger partial charge < -0.3 is 10.6 Å². The maximum Gasteiger partial charge on any atom is 0.326 e. The summed E-state index contributed by atoms with van der Waals surface area (Å²) in [5.41, 5.74) is 2.18. The molecule has 6 rings (SSSR count). The van der Waals surface area contributed by atoms with E-state index in [2.05, 4.69) is 27.9 Å². The van der Waals surface area contributed by atoms with Gasteiger partial charge in [0.15, 0.2) is 0 Å². The molecule has 2 aliphatic heterocycles. The number of hydrogen-bond acceptors (Lipinski definition) is 6. The standard InChI is InChI=1S/C30H25N5O3S2/c36-28(32-27-18-29(37)35(33-27)21-10-2-1-3-11-21)19-39-22-12-8-9-20(17-22)31-30(38)34-23-13-4-6-15-25(23)40-26-16-7-5-14-24(26)34/h1-17,23,25H,18-19H2,(H,31,38)(H,32,33,36). The van der Waals surface area contributed by atoms with Crippen molar-refractivity contribution in [2.45, 2.75) is 27.5 Å². The summed E-state index contributed by atoms with van der Waals surface area (Å²) in [6, 6.07) is 24.1. The molecule has 0 fully saturated rings. The number of urea groups is 1. The number of hydrazone groups is 1. The summed E-state index contributed by atoms with van der Waals surface area (Å²) in [5, 5.41) is 11.5. The number of carbonyl (C=O) groups is 3. The maximum atomic E-state index is 13.5. The fourth-order valence-corrected chi connectivity index (χ4v) is 6.70. The van der Waals surface area contributed by atoms with E-state index in [0.717, 1.165) is 15.5 Å². The summed E-state index contributed by atoms with van der Waals surface area (Å²) in [6.45, 7) is 0. The molecule has 2 unspecified atom stereocenters. The number of allylic oxidation sites excluding steroid dienone is 2. The Bertz CT molecular complexity index is 1560. The minimum Gasteiger partial charge on any atom is -0.312 e. The van der Waals surface area contributed by atoms with Crippen LogP contribution in [-0.4, -0.2) is 40.7 Å². The van der Waals surface area contributed by atoms with Gasteiger partial charge >= 0.3 is 6.03 Å². The number of hydrogen-bond donors (Lipinski definition) is 2. The topological polar surface area (TPSA) is 94.1 Å². The predicted molar refractivity (Wildman–Crippen MR) is 161 cm³/mol. The van der Waals surface area contributed by atoms with E-state index in [1.54, 1.807) is 23.9 Å². The Morgan fingerprint density at radius 1 is 0.950 bits per heavy atom. The van der Waals surface area contributed by atoms with E-state index in [4.69, 9.17) is 0 Å². The Labute approximate surface area is 240 Å². The average Bonchev–Trinajstić information content (AvgIpc) is 3.34. The van der Waals surface area contributed by atoms with Gasteiger partial charge in [0.25, 0.3) is 5.91 Å². The fraction of sp³-hybridized carbons (Fsp3) is 0.133. The first-order chi connectivity index (χ1) is 19.5. The zero-order chi connectivity index (χ0) is 27.5. The molecule has 4 amide bonds. The Morgan fingerprint density at radius 2 is 1.75 bits per heavy atom. The molecule has 10 heteroatoms. The molecule has 0 radical (unpaired) electrons. The van der Waals surface area contributed by atoms with Gasteiger partial charge in [0.05, 0.1) is 34.8 Å². The van der Waals surface area contributed by atoms with Crippen molar-refractivity contribution >= 4 is 64.3 Å². The summed E-state index contributed by atoms with van der Waals surface area (Å²) in [7, 11) is 0. The number of rotatable bonds is 5. The van der Waals surface area contributed by atoms with E-state index < -0.39 is 0 Å². The molecule has 0 bridgehead atoms. The largest absolute Gasteiger partial charge is 0.326 e. The number of benzene rings is 3. The number of thioether (sulfide) groups is 2. The van der Waals surface area contributed by atoms with Crippen LogP contribution in [0, 0.1) is 0 Å². The Morgan fingerprint density at radius 3 is 2.62 bits per heavy atom. The van der Waals surface area contributed by atoms with Gasteiger partial charge in [0.2, 0.25) is 5.91 Å². The summed E-state index contributed by atoms with van der Waals surface area (Å²) >= 11 is 3.10. The first kappa shape index (κ1) is 26.0. The highest BCUT2D eigenvalue weighted by molar-refractivity contribution is 8.00. The van der Waals surface area contributed by atoms with Crippen molar-refractivity contribution in [2.75, 3.05) is 21.0 Å². The van der Waals surface area contributed by atoms with Crippen LogP contribution in [0.15, 0.2) is 118 Å². The quantitative estimate of drug-likeness (QED) is 0.389. The van der Waals surface area contributed by atoms with Crippen LogP contribution in [0.3, 0.4) is 0 Å². The summed E-state index contributed by atoms with van der Waals surface area (Å²) in [4.78, 5) is 42.2. The summed E-state index contributed by atoms with van der Waals surface area (Å²) in [6.07, 6.45) is 8.22. The number of amides is 4. The van der Waals surface area contributed by atoms with Crippen molar-refractivity contribution in [1.29, 1.82) is 0 Å². The lowest BCUT2D eigenvalue weighted by Crippen LogP contribution is -2.49. The molecule has 2 heterocycles. The molecule has 0 saturated carbocycles. The molecule has 8 nitrogen and oxygen atoms in total. The number of amidine groups is 1. The van der Waals surface area contributed by atoms with Gasteiger partial charge in [-0.2, -0.15) is 10.1 Å². The third-order valence-corrected chi connectivity index (χ3v) is 8.78. The van der Waals surface area contributed by atoms with E-state index in [-0.39, 0.29) is 41.3 Å². The molecular formula is C30H25N5O3S2. The minimum atomic E-state index is -0.258. The first-order valence-corrected chi connectivity index (χ1v) is 14.6. The highest BCUT2D eigenvalue weighted by Crippen LogP contribution is 2.43. The Kier molecular flexibility index (Phi) is 7.43. The Hall–Kier alpha value is -4.28. The zero-order valence-corrected chi connectivity index (χ0v) is 22.9. The summed E-state index contributed by atoms with van der Waals surface area (Å²) < 4.78 is 0. The van der Waals surface area contributed by atoms with Crippen molar-refractivity contribution in [2.24, 2.45) is 5.10 Å². The normalized spacial score (nSPS) is 19.1. The molecule has 3 aromatic carbocycles. The van der Waals surface area contributed by atoms with Crippen molar-refractivity contribution in [3.05, 3.63) is 103 Å². The number of nitrogens with zero attached hydrogens (tertiary/aromatic N) is 3. The second-order valence-corrected chi connectivity index (χ2v) is 11.5. The van der Waals surface area contributed by atoms with Crippen LogP contribution in [0.2, 0.25) is 0 Å². The highest BCUT2D eigenvalue weighted by atomic mass is 32.2. The number of para-hydroxylation sites is 2. The number of anilines is 3. The van der Waals surface area contributed by atoms with Gasteiger partial charge in [-0.25, -0.2) is 4.79 Å². The lowest BCUT2D eigenvalue weighted by atomic mass is 10.1. The second kappa shape index (κ2) is 11.4. The smallest absolute Gasteiger partial charge is 0.312 e. The highest BCUT2D eigenvalue weighted by Gasteiger charge is 2.36. The fourth-order valence-electron chi connectivity index (χ4n) is 4.69. The monoisotopic (exact) mass is 567 g/mol. The molecule has 2 N–H and O–H groups in total. The van der Waals surface area contributed by atoms with Crippen LogP contribution in [0.1, 0.15) is 6.42 Å². The number of carbonyl (C=O) groups excluding carboxylic acids is 3. The molecular weight excluding hydrogens is 542 g/mol. The maximum absolute atomic E-state index is 13.5. The molecule has 1 aliphatic carbocycles. The lowest BCUT2D eigenvalue weighted by molar-refractivity contribution is -0.117. The van der Waals surface area contributed by atoms with E-state index in [0.29, 0.717) is 17.2 Å². The summed E-state index contributed by atoms with van der Waals surface area (Å²) in [5.74, 6) is 0.00327. The first-order valence-electron chi connectivity index (χ1n) is 12.7. The molecule has 200 valence electrons. The minimum absolute atomic E-state index is 0.0395. The molecule has 2 atom stereocenters. The van der Waals surface area contributed by atoms with Gasteiger partial charge in [-0.05, 0) is 42.5 Å². The zero-order valence-electron chi connectivity index (χ0n) is 21.3. The van der Waals surface area contributed by atoms with Gasteiger partial charge in [-0.1, -0.05) is 60.7 Å². The molecule has 0 saturated heterocycles. The number of nitrogens with one attached hydrogen (secondary N) is 2. The van der Waals surface area contributed by atoms with E-state index in [1.807, 2.05) is 83.8 Å². The van der Waals surface area contributed by atoms with E-state index in [9.17, 15) is 14.4 Å². The lowest BCUT2D eigenvalue weighted by Gasteiger charge is -2.40. The van der Waals surface area contributed by atoms with Crippen LogP contribution in [0.5, 0.6) is 0 Å². The van der Waals surface area contributed by atoms with Gasteiger partial charge in [0, 0.05) is 15.5 Å². The van der Waals surface area contributed by atoms with Gasteiger partial charge in [0.1, 0.15) is 5.84 Å². The van der Waals surface area contributed by atoms with Crippen LogP contribution in [0.25, 0.3) is 0 Å². The van der Waals surface area contributed by atoms with Crippen molar-refractivity contribution in [1.82, 2.24) is 5.32 Å². The van der Waals surface area contributed by atoms with Crippen molar-refractivity contribution in [3.63, 3.8) is 0 Å². The Balaban J connectivity index is 1.08. The van der Waals surface area contributed by atoms with Gasteiger partial charge in [-0.3, -0.25) is 14.5 Å². The average molecular weight is 568 g/mol. The third kappa shape index (κ3) is 5.54. The van der Waals surface area contributed by atoms with Crippen LogP contribution in [0.4, 0.5) is 21.9 Å². The predicted octanol–water partition coefficient (Wildman–Crippen LogP) is 5.65. The number of fused-ring (bicyclic) bond motifs is 2. The van der Waals surface area contributed by atoms with Crippen LogP contribution in [-0.2, 0) is 9.59 Å². The third-order valence-electron chi connectivity index (χ3n) is 6.48. The molecule has 3 aromatic rings. The molecule has 0 spiro atoms. The van der Waals surface area contributed by atoms with Crippen LogP contribution >= 0.6 is 23.5 Å². The van der Waals surface area contributed by atoms with E-state index in [1.165, 1.54) is 16.8 Å². The van der Waals surface area contributed by atoms with Crippen molar-refractivity contribution < 1.29 is 14.4 Å². The van der Waals surface area contributed by atoms with Gasteiger partial charge in [-0.15, -0.1) is 23.5 Å². The molecule has 40 heavy (non-hydrogen) atoms. The SMILES string of the molecule is O=C(CSc1cccc(NC(=O)N2c3ccccc3SC3C=CC=CC32)c1)NC1=NN(c2ccccc2)C(=O)C1. The molecule has 0 aromatic heterocycles. The second-order valence-electron chi connectivity index (χ2n) is 9.24. The van der Waals surface area contributed by atoms with Crippen LogP contribution < -0.4 is 20.5 Å². The van der Waals surface area contributed by atoms with Crippen molar-refractivity contribution in [3.8, 4) is 0 Å². The molecule has 3 aliphatic rings. The van der Waals surface area contributed by atoms with E-state index >= 15 is 0 Å².